The molecule has 0 aromatic heterocycles. The number of carbonyl (C=O) groups is 1. The first kappa shape index (κ1) is 9.44. The van der Waals surface area contributed by atoms with Crippen molar-refractivity contribution in [2.45, 2.75) is 24.9 Å². The summed E-state index contributed by atoms with van der Waals surface area (Å²) in [6.07, 6.45) is 2.44. The molecule has 5 nitrogen and oxygen atoms in total. The summed E-state index contributed by atoms with van der Waals surface area (Å²) < 4.78 is 9.98. The van der Waals surface area contributed by atoms with Gasteiger partial charge >= 0.3 is 0 Å². The number of amides is 1. The number of nitrogens with one attached hydrogen (secondary N) is 1. The molecule has 1 aliphatic carbocycles. The highest BCUT2D eigenvalue weighted by Gasteiger charge is 2.45. The normalized spacial score (nSPS) is 19.8. The van der Waals surface area contributed by atoms with Gasteiger partial charge in [0.05, 0.1) is 0 Å². The molecule has 0 aromatic carbocycles. The fourth-order valence-electron chi connectivity index (χ4n) is 1.24. The summed E-state index contributed by atoms with van der Waals surface area (Å²) in [5, 5.41) is 0. The average molecular weight is 174 g/mol. The molecule has 0 aromatic rings. The number of ether oxygens (including phenoxy) is 2. The molecule has 0 bridgehead atoms. The number of hydrogen-bond donors (Lipinski definition) is 2. The topological polar surface area (TPSA) is 73.6 Å². The van der Waals surface area contributed by atoms with Crippen molar-refractivity contribution >= 4 is 5.91 Å². The Morgan fingerprint density at radius 3 is 2.67 bits per heavy atom. The second kappa shape index (κ2) is 3.84. The van der Waals surface area contributed by atoms with Gasteiger partial charge < -0.3 is 9.47 Å². The SMILES string of the molecule is COCOC1(C(=O)NN)CCC1. The van der Waals surface area contributed by atoms with E-state index in [2.05, 4.69) is 5.43 Å². The predicted octanol–water partition coefficient (Wildman–Crippen LogP) is -0.481. The van der Waals surface area contributed by atoms with Crippen molar-refractivity contribution in [1.29, 1.82) is 0 Å². The molecule has 1 aliphatic rings. The third-order valence-electron chi connectivity index (χ3n) is 2.16. The molecule has 1 amide bonds. The van der Waals surface area contributed by atoms with Crippen LogP contribution in [0.4, 0.5) is 0 Å². The molecule has 0 heterocycles. The van der Waals surface area contributed by atoms with Crippen molar-refractivity contribution in [3.05, 3.63) is 0 Å². The van der Waals surface area contributed by atoms with Crippen LogP contribution in [-0.4, -0.2) is 25.4 Å². The van der Waals surface area contributed by atoms with Gasteiger partial charge in [-0.3, -0.25) is 10.2 Å². The summed E-state index contributed by atoms with van der Waals surface area (Å²) in [6.45, 7) is 0.132. The predicted molar refractivity (Wildman–Crippen MR) is 41.9 cm³/mol. The van der Waals surface area contributed by atoms with Crippen LogP contribution in [0.5, 0.6) is 0 Å². The standard InChI is InChI=1S/C7H14N2O3/c1-11-5-12-7(3-2-4-7)6(10)9-8/h2-5,8H2,1H3,(H,9,10). The summed E-state index contributed by atoms with van der Waals surface area (Å²) in [5.41, 5.74) is 1.38. The Bertz CT molecular complexity index is 168. The Balaban J connectivity index is 2.44. The molecule has 1 rings (SSSR count). The fraction of sp³-hybridized carbons (Fsp3) is 0.857. The van der Waals surface area contributed by atoms with E-state index in [-0.39, 0.29) is 12.7 Å². The smallest absolute Gasteiger partial charge is 0.266 e. The van der Waals surface area contributed by atoms with Crippen molar-refractivity contribution in [3.63, 3.8) is 0 Å². The summed E-state index contributed by atoms with van der Waals surface area (Å²) >= 11 is 0. The van der Waals surface area contributed by atoms with E-state index in [4.69, 9.17) is 15.3 Å². The highest BCUT2D eigenvalue weighted by Crippen LogP contribution is 2.35. The summed E-state index contributed by atoms with van der Waals surface area (Å²) in [6, 6.07) is 0. The van der Waals surface area contributed by atoms with Crippen molar-refractivity contribution in [3.8, 4) is 0 Å². The molecule has 0 unspecified atom stereocenters. The van der Waals surface area contributed by atoms with Crippen LogP contribution in [0.1, 0.15) is 19.3 Å². The molecule has 1 saturated carbocycles. The van der Waals surface area contributed by atoms with Crippen LogP contribution in [0.25, 0.3) is 0 Å². The highest BCUT2D eigenvalue weighted by molar-refractivity contribution is 5.85. The molecule has 5 heteroatoms. The maximum Gasteiger partial charge on any atom is 0.266 e. The minimum absolute atomic E-state index is 0.132. The lowest BCUT2D eigenvalue weighted by Crippen LogP contribution is -2.55. The lowest BCUT2D eigenvalue weighted by atomic mass is 9.79. The molecule has 0 atom stereocenters. The number of carbonyl (C=O) groups excluding carboxylic acids is 1. The zero-order chi connectivity index (χ0) is 9.03. The van der Waals surface area contributed by atoms with Crippen molar-refractivity contribution in [2.24, 2.45) is 5.84 Å². The van der Waals surface area contributed by atoms with E-state index in [9.17, 15) is 4.79 Å². The van der Waals surface area contributed by atoms with Crippen LogP contribution in [0.2, 0.25) is 0 Å². The van der Waals surface area contributed by atoms with E-state index < -0.39 is 5.60 Å². The lowest BCUT2D eigenvalue weighted by Gasteiger charge is -2.38. The van der Waals surface area contributed by atoms with Gasteiger partial charge in [0.25, 0.3) is 5.91 Å². The number of hydrazine groups is 1. The van der Waals surface area contributed by atoms with E-state index >= 15 is 0 Å². The van der Waals surface area contributed by atoms with E-state index in [0.717, 1.165) is 19.3 Å². The summed E-state index contributed by atoms with van der Waals surface area (Å²) in [7, 11) is 1.52. The van der Waals surface area contributed by atoms with Gasteiger partial charge in [-0.05, 0) is 19.3 Å². The first-order chi connectivity index (χ1) is 5.75. The first-order valence-corrected chi connectivity index (χ1v) is 3.89. The average Bonchev–Trinajstić information content (AvgIpc) is 2.02. The van der Waals surface area contributed by atoms with Crippen LogP contribution >= 0.6 is 0 Å². The minimum atomic E-state index is -0.717. The van der Waals surface area contributed by atoms with Gasteiger partial charge in [0, 0.05) is 7.11 Å². The van der Waals surface area contributed by atoms with Gasteiger partial charge in [0.2, 0.25) is 0 Å². The number of hydrogen-bond acceptors (Lipinski definition) is 4. The van der Waals surface area contributed by atoms with Gasteiger partial charge in [0.1, 0.15) is 6.79 Å². The van der Waals surface area contributed by atoms with Crippen LogP contribution in [0.3, 0.4) is 0 Å². The van der Waals surface area contributed by atoms with Crippen LogP contribution in [0, 0.1) is 0 Å². The number of methoxy groups -OCH3 is 1. The maximum atomic E-state index is 11.2. The number of nitrogens with two attached hydrogens (primary N) is 1. The minimum Gasteiger partial charge on any atom is -0.359 e. The lowest BCUT2D eigenvalue weighted by molar-refractivity contribution is -0.183. The molecular weight excluding hydrogens is 160 g/mol. The van der Waals surface area contributed by atoms with E-state index in [0.29, 0.717) is 0 Å². The first-order valence-electron chi connectivity index (χ1n) is 3.89. The Morgan fingerprint density at radius 1 is 1.67 bits per heavy atom. The monoisotopic (exact) mass is 174 g/mol. The summed E-state index contributed by atoms with van der Waals surface area (Å²) in [4.78, 5) is 11.2. The zero-order valence-electron chi connectivity index (χ0n) is 7.13. The molecule has 12 heavy (non-hydrogen) atoms. The van der Waals surface area contributed by atoms with Crippen LogP contribution in [0.15, 0.2) is 0 Å². The molecule has 3 N–H and O–H groups in total. The molecule has 0 saturated heterocycles. The van der Waals surface area contributed by atoms with Gasteiger partial charge in [-0.25, -0.2) is 5.84 Å². The third-order valence-corrected chi connectivity index (χ3v) is 2.16. The molecule has 0 spiro atoms. The second-order valence-electron chi connectivity index (χ2n) is 2.87. The zero-order valence-corrected chi connectivity index (χ0v) is 7.13. The Kier molecular flexibility index (Phi) is 3.02. The fourth-order valence-corrected chi connectivity index (χ4v) is 1.24. The van der Waals surface area contributed by atoms with Gasteiger partial charge in [-0.2, -0.15) is 0 Å². The van der Waals surface area contributed by atoms with Gasteiger partial charge in [-0.15, -0.1) is 0 Å². The largest absolute Gasteiger partial charge is 0.359 e. The van der Waals surface area contributed by atoms with E-state index in [1.165, 1.54) is 7.11 Å². The summed E-state index contributed by atoms with van der Waals surface area (Å²) in [5.74, 6) is 4.76. The highest BCUT2D eigenvalue weighted by atomic mass is 16.7. The second-order valence-corrected chi connectivity index (χ2v) is 2.87. The molecular formula is C7H14N2O3. The molecule has 0 radical (unpaired) electrons. The quantitative estimate of drug-likeness (QED) is 0.261. The van der Waals surface area contributed by atoms with Crippen molar-refractivity contribution in [1.82, 2.24) is 5.43 Å². The van der Waals surface area contributed by atoms with Crippen molar-refractivity contribution < 1.29 is 14.3 Å². The van der Waals surface area contributed by atoms with Crippen molar-refractivity contribution in [2.75, 3.05) is 13.9 Å². The third kappa shape index (κ3) is 1.57. The van der Waals surface area contributed by atoms with E-state index in [1.807, 2.05) is 0 Å². The molecule has 70 valence electrons. The maximum absolute atomic E-state index is 11.2. The molecule has 1 fully saturated rings. The number of rotatable bonds is 4. The Morgan fingerprint density at radius 2 is 2.33 bits per heavy atom. The van der Waals surface area contributed by atoms with E-state index in [1.54, 1.807) is 0 Å². The van der Waals surface area contributed by atoms with Crippen LogP contribution < -0.4 is 11.3 Å². The van der Waals surface area contributed by atoms with Gasteiger partial charge in [-0.1, -0.05) is 0 Å². The van der Waals surface area contributed by atoms with Crippen LogP contribution in [-0.2, 0) is 14.3 Å². The Hall–Kier alpha value is -0.650. The van der Waals surface area contributed by atoms with Gasteiger partial charge in [0.15, 0.2) is 5.60 Å². The Labute approximate surface area is 71.2 Å². The molecule has 0 aliphatic heterocycles.